The van der Waals surface area contributed by atoms with Gasteiger partial charge in [-0.2, -0.15) is 0 Å². The van der Waals surface area contributed by atoms with E-state index in [0.29, 0.717) is 12.0 Å². The first kappa shape index (κ1) is 14.1. The topological polar surface area (TPSA) is 35.2 Å². The first-order valence-corrected chi connectivity index (χ1v) is 4.06. The summed E-state index contributed by atoms with van der Waals surface area (Å²) in [6.07, 6.45) is -4.28. The molecule has 0 fully saturated rings. The van der Waals surface area contributed by atoms with Crippen LogP contribution in [-0.2, 0) is 6.42 Å². The van der Waals surface area contributed by atoms with Gasteiger partial charge in [0.2, 0.25) is 0 Å². The molecule has 0 amide bonds. The molecule has 0 aliphatic carbocycles. The fourth-order valence-electron chi connectivity index (χ4n) is 1.09. The molecule has 0 bridgehead atoms. The highest BCUT2D eigenvalue weighted by atomic mass is 35.5. The van der Waals surface area contributed by atoms with Crippen LogP contribution in [-0.4, -0.2) is 12.9 Å². The minimum Gasteiger partial charge on any atom is -0.406 e. The zero-order valence-electron chi connectivity index (χ0n) is 7.75. The van der Waals surface area contributed by atoms with E-state index in [0.717, 1.165) is 0 Å². The third-order valence-corrected chi connectivity index (χ3v) is 1.61. The second-order valence-corrected chi connectivity index (χ2v) is 2.69. The summed E-state index contributed by atoms with van der Waals surface area (Å²) in [6, 6.07) is 5.97. The van der Waals surface area contributed by atoms with E-state index in [1.165, 1.54) is 12.1 Å². The van der Waals surface area contributed by atoms with Gasteiger partial charge in [-0.25, -0.2) is 0 Å². The normalized spacial score (nSPS) is 10.7. The van der Waals surface area contributed by atoms with E-state index in [-0.39, 0.29) is 24.7 Å². The Bertz CT molecular complexity index is 304. The van der Waals surface area contributed by atoms with Crippen molar-refractivity contribution in [2.75, 3.05) is 6.54 Å². The standard InChI is InChI=1S/C9H10F3NO.ClH/c10-9(11,12)14-8-4-2-1-3-7(8)5-6-13;/h1-4H,5-6,13H2;1H. The van der Waals surface area contributed by atoms with Gasteiger partial charge in [0.1, 0.15) is 5.75 Å². The summed E-state index contributed by atoms with van der Waals surface area (Å²) in [6.45, 7) is 0.290. The predicted molar refractivity (Wildman–Crippen MR) is 53.1 cm³/mol. The number of alkyl halides is 3. The minimum atomic E-state index is -4.65. The minimum absolute atomic E-state index is 0. The summed E-state index contributed by atoms with van der Waals surface area (Å²) in [5.74, 6) is -0.176. The molecule has 0 heterocycles. The van der Waals surface area contributed by atoms with Crippen LogP contribution in [0, 0.1) is 0 Å². The van der Waals surface area contributed by atoms with E-state index in [2.05, 4.69) is 4.74 Å². The molecule has 0 spiro atoms. The van der Waals surface area contributed by atoms with E-state index in [1.807, 2.05) is 0 Å². The van der Waals surface area contributed by atoms with Crippen molar-refractivity contribution in [2.24, 2.45) is 5.73 Å². The Kier molecular flexibility index (Phi) is 5.46. The summed E-state index contributed by atoms with van der Waals surface area (Å²) >= 11 is 0. The lowest BCUT2D eigenvalue weighted by Gasteiger charge is -2.12. The molecule has 1 aromatic rings. The number of benzene rings is 1. The van der Waals surface area contributed by atoms with Crippen molar-refractivity contribution in [2.45, 2.75) is 12.8 Å². The van der Waals surface area contributed by atoms with Gasteiger partial charge in [0, 0.05) is 0 Å². The quantitative estimate of drug-likeness (QED) is 0.883. The van der Waals surface area contributed by atoms with Crippen LogP contribution in [0.4, 0.5) is 13.2 Å². The predicted octanol–water partition coefficient (Wildman–Crippen LogP) is 2.51. The molecular formula is C9H11ClF3NO. The highest BCUT2D eigenvalue weighted by Crippen LogP contribution is 2.26. The fourth-order valence-corrected chi connectivity index (χ4v) is 1.09. The van der Waals surface area contributed by atoms with Crippen molar-refractivity contribution in [3.8, 4) is 5.75 Å². The van der Waals surface area contributed by atoms with E-state index >= 15 is 0 Å². The molecule has 15 heavy (non-hydrogen) atoms. The van der Waals surface area contributed by atoms with Crippen molar-refractivity contribution in [3.05, 3.63) is 29.8 Å². The molecule has 0 aliphatic heterocycles. The van der Waals surface area contributed by atoms with Crippen LogP contribution in [0.5, 0.6) is 5.75 Å². The van der Waals surface area contributed by atoms with Gasteiger partial charge in [-0.15, -0.1) is 25.6 Å². The van der Waals surface area contributed by atoms with Gasteiger partial charge >= 0.3 is 6.36 Å². The molecular weight excluding hydrogens is 231 g/mol. The number of nitrogens with two attached hydrogens (primary N) is 1. The van der Waals surface area contributed by atoms with E-state index in [1.54, 1.807) is 12.1 Å². The molecule has 2 N–H and O–H groups in total. The molecule has 0 aromatic heterocycles. The Morgan fingerprint density at radius 2 is 1.80 bits per heavy atom. The maximum Gasteiger partial charge on any atom is 0.573 e. The third-order valence-electron chi connectivity index (χ3n) is 1.61. The summed E-state index contributed by atoms with van der Waals surface area (Å²) in [4.78, 5) is 0. The lowest BCUT2D eigenvalue weighted by molar-refractivity contribution is -0.274. The first-order chi connectivity index (χ1) is 6.53. The van der Waals surface area contributed by atoms with Crippen molar-refractivity contribution in [1.29, 1.82) is 0 Å². The van der Waals surface area contributed by atoms with Crippen LogP contribution in [0.2, 0.25) is 0 Å². The monoisotopic (exact) mass is 241 g/mol. The van der Waals surface area contributed by atoms with Gasteiger partial charge in [-0.1, -0.05) is 18.2 Å². The number of hydrogen-bond acceptors (Lipinski definition) is 2. The molecule has 0 aliphatic rings. The van der Waals surface area contributed by atoms with Gasteiger partial charge in [0.25, 0.3) is 0 Å². The van der Waals surface area contributed by atoms with Gasteiger partial charge in [0.05, 0.1) is 0 Å². The molecule has 0 saturated heterocycles. The van der Waals surface area contributed by atoms with Gasteiger partial charge in [-0.05, 0) is 24.6 Å². The van der Waals surface area contributed by atoms with Crippen LogP contribution in [0.1, 0.15) is 5.56 Å². The van der Waals surface area contributed by atoms with E-state index < -0.39 is 6.36 Å². The fraction of sp³-hybridized carbons (Fsp3) is 0.333. The Labute approximate surface area is 91.6 Å². The van der Waals surface area contributed by atoms with Gasteiger partial charge in [-0.3, -0.25) is 0 Å². The Morgan fingerprint density at radius 1 is 1.20 bits per heavy atom. The lowest BCUT2D eigenvalue weighted by Crippen LogP contribution is -2.18. The summed E-state index contributed by atoms with van der Waals surface area (Å²) in [5, 5.41) is 0. The van der Waals surface area contributed by atoms with Crippen molar-refractivity contribution >= 4 is 12.4 Å². The number of rotatable bonds is 3. The molecule has 1 aromatic carbocycles. The smallest absolute Gasteiger partial charge is 0.406 e. The molecule has 86 valence electrons. The first-order valence-electron chi connectivity index (χ1n) is 4.06. The molecule has 0 radical (unpaired) electrons. The zero-order valence-corrected chi connectivity index (χ0v) is 8.57. The van der Waals surface area contributed by atoms with E-state index in [4.69, 9.17) is 5.73 Å². The second-order valence-electron chi connectivity index (χ2n) is 2.69. The molecule has 0 atom stereocenters. The van der Waals surface area contributed by atoms with E-state index in [9.17, 15) is 13.2 Å². The van der Waals surface area contributed by atoms with Gasteiger partial charge < -0.3 is 10.5 Å². The van der Waals surface area contributed by atoms with Crippen molar-refractivity contribution in [3.63, 3.8) is 0 Å². The SMILES string of the molecule is Cl.NCCc1ccccc1OC(F)(F)F. The summed E-state index contributed by atoms with van der Waals surface area (Å²) in [7, 11) is 0. The highest BCUT2D eigenvalue weighted by molar-refractivity contribution is 5.85. The van der Waals surface area contributed by atoms with Crippen molar-refractivity contribution < 1.29 is 17.9 Å². The van der Waals surface area contributed by atoms with Crippen LogP contribution < -0.4 is 10.5 Å². The highest BCUT2D eigenvalue weighted by Gasteiger charge is 2.31. The number of para-hydroxylation sites is 1. The molecule has 2 nitrogen and oxygen atoms in total. The Balaban J connectivity index is 0.00000196. The largest absolute Gasteiger partial charge is 0.573 e. The third kappa shape index (κ3) is 4.90. The Hall–Kier alpha value is -0.940. The zero-order chi connectivity index (χ0) is 10.6. The summed E-state index contributed by atoms with van der Waals surface area (Å²) < 4.78 is 39.6. The van der Waals surface area contributed by atoms with Crippen LogP contribution in [0.15, 0.2) is 24.3 Å². The molecule has 1 rings (SSSR count). The van der Waals surface area contributed by atoms with Crippen LogP contribution in [0.3, 0.4) is 0 Å². The van der Waals surface area contributed by atoms with Gasteiger partial charge in [0.15, 0.2) is 0 Å². The summed E-state index contributed by atoms with van der Waals surface area (Å²) in [5.41, 5.74) is 5.72. The molecule has 0 saturated carbocycles. The Morgan fingerprint density at radius 3 is 2.33 bits per heavy atom. The second kappa shape index (κ2) is 5.82. The maximum atomic E-state index is 11.9. The van der Waals surface area contributed by atoms with Crippen molar-refractivity contribution in [1.82, 2.24) is 0 Å². The molecule has 6 heteroatoms. The lowest BCUT2D eigenvalue weighted by atomic mass is 10.1. The number of hydrogen-bond donors (Lipinski definition) is 1. The average molecular weight is 242 g/mol. The maximum absolute atomic E-state index is 11.9. The number of halogens is 4. The molecule has 0 unspecified atom stereocenters. The number of ether oxygens (including phenoxy) is 1. The average Bonchev–Trinajstić information content (AvgIpc) is 2.06. The van der Waals surface area contributed by atoms with Crippen LogP contribution in [0.25, 0.3) is 0 Å². The van der Waals surface area contributed by atoms with Crippen LogP contribution >= 0.6 is 12.4 Å².